The molecule has 31 heavy (non-hydrogen) atoms. The number of anilines is 1. The van der Waals surface area contributed by atoms with Crippen LogP contribution < -0.4 is 4.90 Å². The van der Waals surface area contributed by atoms with Crippen LogP contribution in [0.5, 0.6) is 0 Å². The zero-order valence-corrected chi connectivity index (χ0v) is 18.0. The minimum atomic E-state index is -3.39. The van der Waals surface area contributed by atoms with E-state index in [1.807, 2.05) is 13.0 Å². The van der Waals surface area contributed by atoms with Crippen molar-refractivity contribution >= 4 is 27.4 Å². The van der Waals surface area contributed by atoms with Gasteiger partial charge in [0, 0.05) is 25.1 Å². The standard InChI is InChI=1S/C20H23N5O5S/c1-13-12-30-9-8-23(13)17-10-16(20(5-6-20)31(2,28)29)25-18(22-17)14(11-21-25)15-4-3-7-24(15)19(26)27/h3-4,7,10-11,13H,5-6,8-9,12H2,1-2H3,(H,26,27)/t13-/m1/s1. The number of carbonyl (C=O) groups is 1. The average molecular weight is 446 g/mol. The number of nitrogens with zero attached hydrogens (tertiary/aromatic N) is 5. The number of morpholine rings is 1. The number of fused-ring (bicyclic) bond motifs is 1. The van der Waals surface area contributed by atoms with Gasteiger partial charge in [-0.05, 0) is 31.9 Å². The van der Waals surface area contributed by atoms with Gasteiger partial charge in [-0.3, -0.25) is 4.57 Å². The SMILES string of the molecule is C[C@@H]1COCCN1c1cc(C2(S(C)(=O)=O)CC2)n2ncc(-c3cccn3C(=O)O)c2n1. The molecular weight excluding hydrogens is 422 g/mol. The van der Waals surface area contributed by atoms with Gasteiger partial charge in [0.05, 0.1) is 42.4 Å². The van der Waals surface area contributed by atoms with Crippen LogP contribution >= 0.6 is 0 Å². The van der Waals surface area contributed by atoms with Crippen LogP contribution in [0, 0.1) is 0 Å². The molecule has 3 aromatic heterocycles. The van der Waals surface area contributed by atoms with Gasteiger partial charge < -0.3 is 14.7 Å². The summed E-state index contributed by atoms with van der Waals surface area (Å²) in [6.07, 6.45) is 4.17. The topological polar surface area (TPSA) is 119 Å². The molecule has 4 heterocycles. The molecule has 0 radical (unpaired) electrons. The van der Waals surface area contributed by atoms with Crippen molar-refractivity contribution in [2.45, 2.75) is 30.6 Å². The molecule has 11 heteroatoms. The van der Waals surface area contributed by atoms with Crippen molar-refractivity contribution in [3.63, 3.8) is 0 Å². The molecule has 0 bridgehead atoms. The highest BCUT2D eigenvalue weighted by Crippen LogP contribution is 2.53. The summed E-state index contributed by atoms with van der Waals surface area (Å²) in [5.41, 5.74) is 1.95. The molecule has 3 aromatic rings. The normalized spacial score (nSPS) is 20.8. The van der Waals surface area contributed by atoms with E-state index in [-0.39, 0.29) is 6.04 Å². The second kappa shape index (κ2) is 6.79. The first-order chi connectivity index (χ1) is 14.7. The van der Waals surface area contributed by atoms with Crippen LogP contribution in [-0.4, -0.2) is 70.8 Å². The number of rotatable bonds is 4. The summed E-state index contributed by atoms with van der Waals surface area (Å²) >= 11 is 0. The molecule has 1 saturated carbocycles. The minimum Gasteiger partial charge on any atom is -0.464 e. The van der Waals surface area contributed by atoms with Crippen molar-refractivity contribution in [2.24, 2.45) is 0 Å². The van der Waals surface area contributed by atoms with Gasteiger partial charge >= 0.3 is 6.09 Å². The van der Waals surface area contributed by atoms with Gasteiger partial charge in [-0.15, -0.1) is 0 Å². The van der Waals surface area contributed by atoms with Crippen molar-refractivity contribution in [1.29, 1.82) is 0 Å². The lowest BCUT2D eigenvalue weighted by atomic mass is 10.2. The predicted octanol–water partition coefficient (Wildman–Crippen LogP) is 1.98. The van der Waals surface area contributed by atoms with Gasteiger partial charge in [0.25, 0.3) is 0 Å². The lowest BCUT2D eigenvalue weighted by Gasteiger charge is -2.34. The number of hydrogen-bond donors (Lipinski definition) is 1. The van der Waals surface area contributed by atoms with Gasteiger partial charge in [0.2, 0.25) is 0 Å². The third kappa shape index (κ3) is 3.02. The van der Waals surface area contributed by atoms with E-state index in [4.69, 9.17) is 9.72 Å². The highest BCUT2D eigenvalue weighted by atomic mass is 32.2. The summed E-state index contributed by atoms with van der Waals surface area (Å²) in [4.78, 5) is 18.6. The number of sulfone groups is 1. The van der Waals surface area contributed by atoms with E-state index in [1.165, 1.54) is 12.5 Å². The van der Waals surface area contributed by atoms with Crippen molar-refractivity contribution in [3.05, 3.63) is 36.3 Å². The maximum absolute atomic E-state index is 12.7. The minimum absolute atomic E-state index is 0.0687. The molecule has 2 fully saturated rings. The zero-order chi connectivity index (χ0) is 22.0. The Labute approximate surface area is 179 Å². The van der Waals surface area contributed by atoms with Crippen LogP contribution in [0.3, 0.4) is 0 Å². The summed E-state index contributed by atoms with van der Waals surface area (Å²) in [5.74, 6) is 0.642. The fourth-order valence-electron chi connectivity index (χ4n) is 4.37. The molecule has 0 aromatic carbocycles. The van der Waals surface area contributed by atoms with E-state index >= 15 is 0 Å². The molecule has 1 aliphatic heterocycles. The number of hydrogen-bond acceptors (Lipinski definition) is 7. The monoisotopic (exact) mass is 445 g/mol. The molecular formula is C20H23N5O5S. The Bertz CT molecular complexity index is 1290. The van der Waals surface area contributed by atoms with E-state index in [0.717, 1.165) is 4.57 Å². The lowest BCUT2D eigenvalue weighted by Crippen LogP contribution is -2.44. The van der Waals surface area contributed by atoms with Gasteiger partial charge in [-0.25, -0.2) is 22.7 Å². The first-order valence-corrected chi connectivity index (χ1v) is 12.0. The van der Waals surface area contributed by atoms with Crippen molar-refractivity contribution in [1.82, 2.24) is 19.2 Å². The van der Waals surface area contributed by atoms with Gasteiger partial charge in [0.15, 0.2) is 15.5 Å². The highest BCUT2D eigenvalue weighted by Gasteiger charge is 2.56. The third-order valence-corrected chi connectivity index (χ3v) is 8.27. The molecule has 10 nitrogen and oxygen atoms in total. The lowest BCUT2D eigenvalue weighted by molar-refractivity contribution is 0.0985. The van der Waals surface area contributed by atoms with Gasteiger partial charge in [0.1, 0.15) is 10.6 Å². The quantitative estimate of drug-likeness (QED) is 0.648. The Hall–Kier alpha value is -2.92. The molecule has 0 unspecified atom stereocenters. The van der Waals surface area contributed by atoms with E-state index in [2.05, 4.69) is 10.00 Å². The van der Waals surface area contributed by atoms with E-state index in [1.54, 1.807) is 22.8 Å². The second-order valence-corrected chi connectivity index (χ2v) is 10.5. The smallest absolute Gasteiger partial charge is 0.416 e. The number of aromatic nitrogens is 4. The summed E-state index contributed by atoms with van der Waals surface area (Å²) in [5, 5.41) is 14.0. The molecule has 5 rings (SSSR count). The van der Waals surface area contributed by atoms with Crippen LogP contribution in [0.1, 0.15) is 25.5 Å². The fourth-order valence-corrected chi connectivity index (χ4v) is 5.74. The average Bonchev–Trinajstić information content (AvgIpc) is 3.21. The van der Waals surface area contributed by atoms with E-state index < -0.39 is 20.7 Å². The number of ether oxygens (including phenoxy) is 1. The first-order valence-electron chi connectivity index (χ1n) is 10.1. The molecule has 1 saturated heterocycles. The van der Waals surface area contributed by atoms with Crippen LogP contribution in [0.15, 0.2) is 30.6 Å². The van der Waals surface area contributed by atoms with Crippen molar-refractivity contribution in [2.75, 3.05) is 30.9 Å². The third-order valence-electron chi connectivity index (χ3n) is 6.23. The van der Waals surface area contributed by atoms with Crippen LogP contribution in [0.25, 0.3) is 16.9 Å². The molecule has 0 amide bonds. The predicted molar refractivity (Wildman–Crippen MR) is 113 cm³/mol. The van der Waals surface area contributed by atoms with Gasteiger partial charge in [-0.2, -0.15) is 5.10 Å². The Balaban J connectivity index is 1.78. The van der Waals surface area contributed by atoms with E-state index in [9.17, 15) is 18.3 Å². The number of carboxylic acid groups (broad SMARTS) is 1. The maximum Gasteiger partial charge on any atom is 0.416 e. The first kappa shape index (κ1) is 20.0. The maximum atomic E-state index is 12.7. The largest absolute Gasteiger partial charge is 0.464 e. The second-order valence-electron chi connectivity index (χ2n) is 8.22. The Kier molecular flexibility index (Phi) is 4.38. The molecule has 1 aliphatic carbocycles. The van der Waals surface area contributed by atoms with Crippen LogP contribution in [0.4, 0.5) is 10.6 Å². The van der Waals surface area contributed by atoms with Crippen molar-refractivity contribution < 1.29 is 23.1 Å². The van der Waals surface area contributed by atoms with Crippen LogP contribution in [0.2, 0.25) is 0 Å². The molecule has 1 atom stereocenters. The van der Waals surface area contributed by atoms with Gasteiger partial charge in [-0.1, -0.05) is 0 Å². The van der Waals surface area contributed by atoms with Crippen LogP contribution in [-0.2, 0) is 19.3 Å². The molecule has 1 N–H and O–H groups in total. The van der Waals surface area contributed by atoms with Crippen molar-refractivity contribution in [3.8, 4) is 11.3 Å². The Morgan fingerprint density at radius 3 is 2.77 bits per heavy atom. The zero-order valence-electron chi connectivity index (χ0n) is 17.2. The molecule has 2 aliphatic rings. The highest BCUT2D eigenvalue weighted by molar-refractivity contribution is 7.91. The Morgan fingerprint density at radius 2 is 2.13 bits per heavy atom. The summed E-state index contributed by atoms with van der Waals surface area (Å²) in [7, 11) is -3.39. The molecule has 164 valence electrons. The summed E-state index contributed by atoms with van der Waals surface area (Å²) in [6.45, 7) is 3.76. The summed E-state index contributed by atoms with van der Waals surface area (Å²) in [6, 6.07) is 5.20. The Morgan fingerprint density at radius 1 is 1.35 bits per heavy atom. The van der Waals surface area contributed by atoms with E-state index in [0.29, 0.717) is 61.0 Å². The fraction of sp³-hybridized carbons (Fsp3) is 0.450. The summed E-state index contributed by atoms with van der Waals surface area (Å²) < 4.78 is 32.6. The molecule has 0 spiro atoms.